The van der Waals surface area contributed by atoms with Gasteiger partial charge in [0.25, 0.3) is 0 Å². The maximum atomic E-state index is 10.8. The van der Waals surface area contributed by atoms with Crippen LogP contribution in [0.2, 0.25) is 0 Å². The molecule has 0 saturated heterocycles. The molecule has 0 bridgehead atoms. The van der Waals surface area contributed by atoms with E-state index in [0.717, 1.165) is 18.8 Å². The van der Waals surface area contributed by atoms with Gasteiger partial charge in [0.05, 0.1) is 6.04 Å². The number of hydrogen-bond acceptors (Lipinski definition) is 3. The number of amides is 1. The van der Waals surface area contributed by atoms with Gasteiger partial charge in [-0.15, -0.1) is 0 Å². The maximum Gasteiger partial charge on any atom is 0.234 e. The van der Waals surface area contributed by atoms with Crippen molar-refractivity contribution in [2.75, 3.05) is 18.0 Å². The van der Waals surface area contributed by atoms with Crippen LogP contribution in [0, 0.1) is 0 Å². The molecule has 0 heterocycles. The van der Waals surface area contributed by atoms with Crippen molar-refractivity contribution in [2.24, 2.45) is 11.5 Å². The Hall–Kier alpha value is -1.55. The van der Waals surface area contributed by atoms with Crippen LogP contribution >= 0.6 is 0 Å². The van der Waals surface area contributed by atoms with Gasteiger partial charge in [-0.1, -0.05) is 18.2 Å². The Kier molecular flexibility index (Phi) is 4.79. The standard InChI is InChI=1S/C12H19N3O/c1-2-15(9-8-11(13)12(14)16)10-6-4-3-5-7-10/h3-7,11H,2,8-9,13H2,1H3,(H2,14,16). The van der Waals surface area contributed by atoms with Crippen molar-refractivity contribution in [3.05, 3.63) is 30.3 Å². The number of primary amides is 1. The fourth-order valence-corrected chi connectivity index (χ4v) is 1.55. The van der Waals surface area contributed by atoms with Crippen molar-refractivity contribution in [1.82, 2.24) is 0 Å². The molecule has 0 aliphatic carbocycles. The van der Waals surface area contributed by atoms with E-state index in [4.69, 9.17) is 11.5 Å². The van der Waals surface area contributed by atoms with Crippen LogP contribution in [0.15, 0.2) is 30.3 Å². The summed E-state index contributed by atoms with van der Waals surface area (Å²) in [6.45, 7) is 3.70. The molecule has 1 aromatic rings. The number of carbonyl (C=O) groups is 1. The Morgan fingerprint density at radius 2 is 2.00 bits per heavy atom. The lowest BCUT2D eigenvalue weighted by atomic mass is 10.2. The summed E-state index contributed by atoms with van der Waals surface area (Å²) < 4.78 is 0. The van der Waals surface area contributed by atoms with Gasteiger partial charge in [0.15, 0.2) is 0 Å². The third-order valence-electron chi connectivity index (χ3n) is 2.58. The molecule has 88 valence electrons. The first-order chi connectivity index (χ1) is 7.65. The molecule has 1 rings (SSSR count). The molecule has 0 aromatic heterocycles. The molecule has 1 amide bonds. The average molecular weight is 221 g/mol. The minimum atomic E-state index is -0.558. The summed E-state index contributed by atoms with van der Waals surface area (Å²) in [7, 11) is 0. The van der Waals surface area contributed by atoms with Crippen LogP contribution in [-0.4, -0.2) is 25.0 Å². The Labute approximate surface area is 96.2 Å². The van der Waals surface area contributed by atoms with Crippen molar-refractivity contribution >= 4 is 11.6 Å². The van der Waals surface area contributed by atoms with E-state index < -0.39 is 11.9 Å². The van der Waals surface area contributed by atoms with Crippen molar-refractivity contribution in [2.45, 2.75) is 19.4 Å². The second-order valence-electron chi connectivity index (χ2n) is 3.71. The molecule has 4 heteroatoms. The monoisotopic (exact) mass is 221 g/mol. The van der Waals surface area contributed by atoms with Gasteiger partial charge >= 0.3 is 0 Å². The molecule has 4 N–H and O–H groups in total. The van der Waals surface area contributed by atoms with Gasteiger partial charge in [-0.25, -0.2) is 0 Å². The maximum absolute atomic E-state index is 10.8. The second kappa shape index (κ2) is 6.12. The molecule has 0 aliphatic rings. The van der Waals surface area contributed by atoms with Gasteiger partial charge in [0.1, 0.15) is 0 Å². The molecule has 1 unspecified atom stereocenters. The zero-order chi connectivity index (χ0) is 12.0. The normalized spacial score (nSPS) is 12.1. The summed E-state index contributed by atoms with van der Waals surface area (Å²) in [6.07, 6.45) is 0.581. The number of nitrogens with two attached hydrogens (primary N) is 2. The number of carbonyl (C=O) groups excluding carboxylic acids is 1. The first kappa shape index (κ1) is 12.5. The SMILES string of the molecule is CCN(CCC(N)C(N)=O)c1ccccc1. The van der Waals surface area contributed by atoms with E-state index in [1.807, 2.05) is 30.3 Å². The van der Waals surface area contributed by atoms with E-state index in [-0.39, 0.29) is 0 Å². The molecule has 0 spiro atoms. The lowest BCUT2D eigenvalue weighted by Crippen LogP contribution is -2.39. The van der Waals surface area contributed by atoms with E-state index in [0.29, 0.717) is 6.42 Å². The Morgan fingerprint density at radius 1 is 1.38 bits per heavy atom. The van der Waals surface area contributed by atoms with Crippen molar-refractivity contribution in [1.29, 1.82) is 0 Å². The van der Waals surface area contributed by atoms with Crippen molar-refractivity contribution in [3.8, 4) is 0 Å². The summed E-state index contributed by atoms with van der Waals surface area (Å²) in [5, 5.41) is 0. The summed E-state index contributed by atoms with van der Waals surface area (Å²) in [4.78, 5) is 13.0. The van der Waals surface area contributed by atoms with Gasteiger partial charge in [0.2, 0.25) is 5.91 Å². The molecule has 0 saturated carbocycles. The number of benzene rings is 1. The Morgan fingerprint density at radius 3 is 2.50 bits per heavy atom. The number of anilines is 1. The summed E-state index contributed by atoms with van der Waals surface area (Å²) in [5.74, 6) is -0.441. The highest BCUT2D eigenvalue weighted by molar-refractivity contribution is 5.79. The first-order valence-electron chi connectivity index (χ1n) is 5.50. The van der Waals surface area contributed by atoms with Gasteiger partial charge in [-0.05, 0) is 25.5 Å². The molecular weight excluding hydrogens is 202 g/mol. The molecule has 16 heavy (non-hydrogen) atoms. The van der Waals surface area contributed by atoms with Gasteiger partial charge < -0.3 is 16.4 Å². The largest absolute Gasteiger partial charge is 0.372 e. The minimum Gasteiger partial charge on any atom is -0.372 e. The fraction of sp³-hybridized carbons (Fsp3) is 0.417. The highest BCUT2D eigenvalue weighted by atomic mass is 16.1. The van der Waals surface area contributed by atoms with Crippen LogP contribution in [0.5, 0.6) is 0 Å². The lowest BCUT2D eigenvalue weighted by molar-refractivity contribution is -0.119. The number of hydrogen-bond donors (Lipinski definition) is 2. The topological polar surface area (TPSA) is 72.3 Å². The Bertz CT molecular complexity index is 326. The first-order valence-corrected chi connectivity index (χ1v) is 5.50. The quantitative estimate of drug-likeness (QED) is 0.743. The van der Waals surface area contributed by atoms with Gasteiger partial charge in [0, 0.05) is 18.8 Å². The molecule has 1 aromatic carbocycles. The summed E-state index contributed by atoms with van der Waals surface area (Å²) in [5.41, 5.74) is 11.9. The zero-order valence-electron chi connectivity index (χ0n) is 9.60. The van der Waals surface area contributed by atoms with Crippen LogP contribution in [0.25, 0.3) is 0 Å². The summed E-state index contributed by atoms with van der Waals surface area (Å²) >= 11 is 0. The lowest BCUT2D eigenvalue weighted by Gasteiger charge is -2.24. The molecule has 4 nitrogen and oxygen atoms in total. The smallest absolute Gasteiger partial charge is 0.234 e. The van der Waals surface area contributed by atoms with Crippen LogP contribution in [0.1, 0.15) is 13.3 Å². The number of para-hydroxylation sites is 1. The fourth-order valence-electron chi connectivity index (χ4n) is 1.55. The third kappa shape index (κ3) is 3.55. The van der Waals surface area contributed by atoms with Crippen molar-refractivity contribution < 1.29 is 4.79 Å². The number of rotatable bonds is 6. The van der Waals surface area contributed by atoms with Crippen LogP contribution in [-0.2, 0) is 4.79 Å². The molecule has 0 fully saturated rings. The number of nitrogens with zero attached hydrogens (tertiary/aromatic N) is 1. The van der Waals surface area contributed by atoms with E-state index in [9.17, 15) is 4.79 Å². The van der Waals surface area contributed by atoms with Gasteiger partial charge in [-0.2, -0.15) is 0 Å². The van der Waals surface area contributed by atoms with Gasteiger partial charge in [-0.3, -0.25) is 4.79 Å². The minimum absolute atomic E-state index is 0.441. The molecule has 1 atom stereocenters. The molecule has 0 aliphatic heterocycles. The highest BCUT2D eigenvalue weighted by Crippen LogP contribution is 2.13. The third-order valence-corrected chi connectivity index (χ3v) is 2.58. The van der Waals surface area contributed by atoms with Crippen LogP contribution in [0.4, 0.5) is 5.69 Å². The van der Waals surface area contributed by atoms with Crippen LogP contribution in [0.3, 0.4) is 0 Å². The van der Waals surface area contributed by atoms with E-state index in [1.54, 1.807) is 0 Å². The Balaban J connectivity index is 2.53. The molecular formula is C12H19N3O. The van der Waals surface area contributed by atoms with E-state index >= 15 is 0 Å². The predicted octanol–water partition coefficient (Wildman–Crippen LogP) is 0.716. The predicted molar refractivity (Wildman–Crippen MR) is 66.1 cm³/mol. The van der Waals surface area contributed by atoms with Crippen LogP contribution < -0.4 is 16.4 Å². The average Bonchev–Trinajstić information content (AvgIpc) is 2.30. The highest BCUT2D eigenvalue weighted by Gasteiger charge is 2.11. The molecule has 0 radical (unpaired) electrons. The second-order valence-corrected chi connectivity index (χ2v) is 3.71. The zero-order valence-corrected chi connectivity index (χ0v) is 9.60. The van der Waals surface area contributed by atoms with E-state index in [1.165, 1.54) is 0 Å². The van der Waals surface area contributed by atoms with E-state index in [2.05, 4.69) is 11.8 Å². The summed E-state index contributed by atoms with van der Waals surface area (Å²) in [6, 6.07) is 9.49. The van der Waals surface area contributed by atoms with Crippen molar-refractivity contribution in [3.63, 3.8) is 0 Å².